The summed E-state index contributed by atoms with van der Waals surface area (Å²) < 4.78 is 13.5. The number of rotatable bonds is 11. The van der Waals surface area contributed by atoms with Gasteiger partial charge in [0.15, 0.2) is 22.5 Å². The van der Waals surface area contributed by atoms with Gasteiger partial charge in [0.25, 0.3) is 0 Å². The Bertz CT molecular complexity index is 1190. The van der Waals surface area contributed by atoms with Gasteiger partial charge in [-0.1, -0.05) is 58.7 Å². The Balaban J connectivity index is 1.66. The molecule has 1 amide bonds. The van der Waals surface area contributed by atoms with Crippen LogP contribution in [-0.4, -0.2) is 33.0 Å². The molecule has 0 aliphatic carbocycles. The summed E-state index contributed by atoms with van der Waals surface area (Å²) in [4.78, 5) is 12.5. The van der Waals surface area contributed by atoms with E-state index in [-0.39, 0.29) is 18.3 Å². The topological polar surface area (TPSA) is 78.3 Å². The average molecular weight is 542 g/mol. The number of nitrogens with zero attached hydrogens (tertiary/aromatic N) is 3. The molecule has 3 aromatic rings. The Morgan fingerprint density at radius 1 is 1.12 bits per heavy atom. The summed E-state index contributed by atoms with van der Waals surface area (Å²) in [5, 5.41) is 12.6. The predicted molar refractivity (Wildman–Crippen MR) is 138 cm³/mol. The highest BCUT2D eigenvalue weighted by Crippen LogP contribution is 2.32. The first-order chi connectivity index (χ1) is 16.3. The van der Waals surface area contributed by atoms with Gasteiger partial charge < -0.3 is 14.8 Å². The first-order valence-electron chi connectivity index (χ1n) is 10.3. The molecule has 3 rings (SSSR count). The largest absolute Gasteiger partial charge is 0.490 e. The molecule has 0 radical (unpaired) electrons. The molecule has 0 aliphatic rings. The van der Waals surface area contributed by atoms with Crippen LogP contribution < -0.4 is 14.8 Å². The number of thioether (sulfide) groups is 1. The maximum absolute atomic E-state index is 12.5. The quantitative estimate of drug-likeness (QED) is 0.171. The van der Waals surface area contributed by atoms with Crippen molar-refractivity contribution in [1.82, 2.24) is 14.8 Å². The van der Waals surface area contributed by atoms with Crippen molar-refractivity contribution in [1.29, 1.82) is 0 Å². The SMILES string of the molecule is C=CCn1c(COc2ccc(C)cc2OCC)nnc1SCC(=O)Nc1cc(Cl)c(Cl)cc1Cl. The lowest BCUT2D eigenvalue weighted by atomic mass is 10.2. The van der Waals surface area contributed by atoms with E-state index in [0.717, 1.165) is 5.56 Å². The number of carbonyl (C=O) groups excluding carboxylic acids is 1. The van der Waals surface area contributed by atoms with Gasteiger partial charge in [0, 0.05) is 6.54 Å². The van der Waals surface area contributed by atoms with Gasteiger partial charge in [0.05, 0.1) is 33.1 Å². The van der Waals surface area contributed by atoms with Gasteiger partial charge in [0.1, 0.15) is 6.61 Å². The fourth-order valence-electron chi connectivity index (χ4n) is 2.92. The first-order valence-corrected chi connectivity index (χ1v) is 12.4. The van der Waals surface area contributed by atoms with Crippen LogP contribution in [0.3, 0.4) is 0 Å². The van der Waals surface area contributed by atoms with E-state index in [4.69, 9.17) is 44.3 Å². The van der Waals surface area contributed by atoms with E-state index in [1.54, 1.807) is 6.08 Å². The second kappa shape index (κ2) is 12.4. The zero-order chi connectivity index (χ0) is 24.7. The zero-order valence-corrected chi connectivity index (χ0v) is 21.7. The number of hydrogen-bond acceptors (Lipinski definition) is 6. The molecule has 7 nitrogen and oxygen atoms in total. The Morgan fingerprint density at radius 2 is 1.88 bits per heavy atom. The Hall–Kier alpha value is -2.39. The highest BCUT2D eigenvalue weighted by molar-refractivity contribution is 7.99. The molecule has 1 aromatic heterocycles. The number of hydrogen-bond donors (Lipinski definition) is 1. The molecule has 0 saturated heterocycles. The van der Waals surface area contributed by atoms with Crippen LogP contribution in [0.25, 0.3) is 0 Å². The number of amides is 1. The summed E-state index contributed by atoms with van der Waals surface area (Å²) in [7, 11) is 0. The van der Waals surface area contributed by atoms with E-state index in [2.05, 4.69) is 22.1 Å². The molecule has 0 aliphatic heterocycles. The lowest BCUT2D eigenvalue weighted by molar-refractivity contribution is -0.113. The molecule has 0 fully saturated rings. The van der Waals surface area contributed by atoms with E-state index < -0.39 is 0 Å². The molecular weight excluding hydrogens is 519 g/mol. The third-order valence-corrected chi connectivity index (χ3v) is 6.48. The second-order valence-corrected chi connectivity index (χ2v) is 9.22. The standard InChI is InChI=1S/C23H23Cl3N4O3S/c1-4-8-30-21(12-33-19-7-6-14(3)9-20(19)32-5-2)28-29-23(30)34-13-22(31)27-18-11-16(25)15(24)10-17(18)26/h4,6-7,9-11H,1,5,8,12-13H2,2-3H3,(H,27,31). The molecule has 34 heavy (non-hydrogen) atoms. The number of carbonyl (C=O) groups is 1. The number of allylic oxidation sites excluding steroid dienone is 1. The van der Waals surface area contributed by atoms with Gasteiger partial charge in [-0.2, -0.15) is 0 Å². The molecule has 1 heterocycles. The summed E-state index contributed by atoms with van der Waals surface area (Å²) in [6, 6.07) is 8.72. The maximum Gasteiger partial charge on any atom is 0.234 e. The van der Waals surface area contributed by atoms with Gasteiger partial charge in [-0.3, -0.25) is 9.36 Å². The minimum absolute atomic E-state index is 0.0825. The predicted octanol–water partition coefficient (Wildman–Crippen LogP) is 6.44. The van der Waals surface area contributed by atoms with Gasteiger partial charge in [0.2, 0.25) is 5.91 Å². The lowest BCUT2D eigenvalue weighted by Gasteiger charge is -2.13. The monoisotopic (exact) mass is 540 g/mol. The van der Waals surface area contributed by atoms with Crippen LogP contribution in [0.4, 0.5) is 5.69 Å². The molecule has 2 aromatic carbocycles. The number of nitrogens with one attached hydrogen (secondary N) is 1. The second-order valence-electron chi connectivity index (χ2n) is 7.05. The lowest BCUT2D eigenvalue weighted by Crippen LogP contribution is -2.15. The molecule has 0 spiro atoms. The van der Waals surface area contributed by atoms with Crippen molar-refractivity contribution < 1.29 is 14.3 Å². The van der Waals surface area contributed by atoms with Gasteiger partial charge in [-0.15, -0.1) is 16.8 Å². The van der Waals surface area contributed by atoms with Crippen molar-refractivity contribution in [2.45, 2.75) is 32.2 Å². The van der Waals surface area contributed by atoms with Gasteiger partial charge >= 0.3 is 0 Å². The fourth-order valence-corrected chi connectivity index (χ4v) is 4.29. The zero-order valence-electron chi connectivity index (χ0n) is 18.6. The molecule has 11 heteroatoms. The molecule has 0 unspecified atom stereocenters. The van der Waals surface area contributed by atoms with Crippen LogP contribution in [0.1, 0.15) is 18.3 Å². The summed E-state index contributed by atoms with van der Waals surface area (Å²) in [6.45, 7) is 8.87. The highest BCUT2D eigenvalue weighted by atomic mass is 35.5. The number of ether oxygens (including phenoxy) is 2. The summed E-state index contributed by atoms with van der Waals surface area (Å²) in [5.41, 5.74) is 1.45. The molecular formula is C23H23Cl3N4O3S. The normalized spacial score (nSPS) is 10.7. The van der Waals surface area contributed by atoms with Crippen molar-refractivity contribution in [2.24, 2.45) is 0 Å². The molecule has 0 bridgehead atoms. The smallest absolute Gasteiger partial charge is 0.234 e. The van der Waals surface area contributed by atoms with E-state index in [9.17, 15) is 4.79 Å². The Kier molecular flexibility index (Phi) is 9.53. The number of aromatic nitrogens is 3. The van der Waals surface area contributed by atoms with Crippen LogP contribution in [0.5, 0.6) is 11.5 Å². The van der Waals surface area contributed by atoms with Crippen molar-refractivity contribution in [3.63, 3.8) is 0 Å². The van der Waals surface area contributed by atoms with Crippen LogP contribution in [-0.2, 0) is 17.9 Å². The van der Waals surface area contributed by atoms with Crippen molar-refractivity contribution in [2.75, 3.05) is 17.7 Å². The van der Waals surface area contributed by atoms with Crippen molar-refractivity contribution in [3.05, 3.63) is 69.4 Å². The summed E-state index contributed by atoms with van der Waals surface area (Å²) >= 11 is 19.3. The number of benzene rings is 2. The van der Waals surface area contributed by atoms with Gasteiger partial charge in [-0.05, 0) is 43.7 Å². The fraction of sp³-hybridized carbons (Fsp3) is 0.261. The highest BCUT2D eigenvalue weighted by Gasteiger charge is 2.16. The van der Waals surface area contributed by atoms with Crippen LogP contribution in [0, 0.1) is 6.92 Å². The Morgan fingerprint density at radius 3 is 2.62 bits per heavy atom. The van der Waals surface area contributed by atoms with Crippen LogP contribution in [0.15, 0.2) is 48.1 Å². The maximum atomic E-state index is 12.5. The number of anilines is 1. The summed E-state index contributed by atoms with van der Waals surface area (Å²) in [5.74, 6) is 1.69. The minimum atomic E-state index is -0.280. The number of aryl methyl sites for hydroxylation is 1. The van der Waals surface area contributed by atoms with Crippen molar-refractivity contribution in [3.8, 4) is 11.5 Å². The number of halogens is 3. The molecule has 0 atom stereocenters. The van der Waals surface area contributed by atoms with Crippen LogP contribution in [0.2, 0.25) is 15.1 Å². The summed E-state index contributed by atoms with van der Waals surface area (Å²) in [6.07, 6.45) is 1.73. The molecule has 1 N–H and O–H groups in total. The van der Waals surface area contributed by atoms with E-state index in [0.29, 0.717) is 56.4 Å². The first kappa shape index (κ1) is 26.2. The molecule has 180 valence electrons. The third-order valence-electron chi connectivity index (χ3n) is 4.48. The van der Waals surface area contributed by atoms with Gasteiger partial charge in [-0.25, -0.2) is 0 Å². The van der Waals surface area contributed by atoms with Crippen molar-refractivity contribution >= 4 is 58.2 Å². The average Bonchev–Trinajstić information content (AvgIpc) is 3.17. The van der Waals surface area contributed by atoms with E-state index in [1.165, 1.54) is 23.9 Å². The van der Waals surface area contributed by atoms with E-state index >= 15 is 0 Å². The molecule has 0 saturated carbocycles. The third kappa shape index (κ3) is 6.82. The van der Waals surface area contributed by atoms with E-state index in [1.807, 2.05) is 36.6 Å². The minimum Gasteiger partial charge on any atom is -0.490 e. The van der Waals surface area contributed by atoms with Crippen LogP contribution >= 0.6 is 46.6 Å². The Labute approximate surface area is 217 Å².